The molecule has 0 spiro atoms. The lowest BCUT2D eigenvalue weighted by Crippen LogP contribution is -2.15. The van der Waals surface area contributed by atoms with Crippen LogP contribution < -0.4 is 5.56 Å². The number of aryl methyl sites for hydroxylation is 2. The molecule has 0 aliphatic heterocycles. The van der Waals surface area contributed by atoms with Gasteiger partial charge in [0.25, 0.3) is 5.56 Å². The van der Waals surface area contributed by atoms with Crippen molar-refractivity contribution in [1.29, 1.82) is 0 Å². The Balaban J connectivity index is 1.48. The van der Waals surface area contributed by atoms with Crippen molar-refractivity contribution in [3.63, 3.8) is 0 Å². The molecule has 3 heterocycles. The SMILES string of the molecule is Cc1cccc(-n2nnnc2SC(C)c2nc3sc4c(c3c(=O)[nH]2)CCC(C)C4)c1C. The van der Waals surface area contributed by atoms with Crippen LogP contribution >= 0.6 is 23.1 Å². The second-order valence-corrected chi connectivity index (χ2v) is 10.7. The topological polar surface area (TPSA) is 89.3 Å². The summed E-state index contributed by atoms with van der Waals surface area (Å²) in [5.74, 6) is 1.32. The first-order valence-electron chi connectivity index (χ1n) is 10.5. The van der Waals surface area contributed by atoms with Gasteiger partial charge >= 0.3 is 0 Å². The maximum atomic E-state index is 12.9. The number of benzene rings is 1. The Bertz CT molecular complexity index is 1340. The van der Waals surface area contributed by atoms with Crippen LogP contribution in [0.3, 0.4) is 0 Å². The number of aromatic amines is 1. The number of hydrogen-bond acceptors (Lipinski definition) is 7. The number of rotatable bonds is 4. The van der Waals surface area contributed by atoms with Crippen LogP contribution in [-0.4, -0.2) is 30.2 Å². The third-order valence-electron chi connectivity index (χ3n) is 6.10. The zero-order valence-electron chi connectivity index (χ0n) is 18.0. The number of nitrogens with one attached hydrogen (secondary N) is 1. The number of fused-ring (bicyclic) bond motifs is 3. The van der Waals surface area contributed by atoms with Gasteiger partial charge in [0.05, 0.1) is 16.3 Å². The van der Waals surface area contributed by atoms with Gasteiger partial charge in [0.15, 0.2) is 0 Å². The molecule has 2 atom stereocenters. The number of nitrogens with zero attached hydrogens (tertiary/aromatic N) is 5. The second kappa shape index (κ2) is 7.87. The zero-order valence-corrected chi connectivity index (χ0v) is 19.6. The lowest BCUT2D eigenvalue weighted by atomic mass is 9.89. The van der Waals surface area contributed by atoms with E-state index in [2.05, 4.69) is 47.3 Å². The van der Waals surface area contributed by atoms with Crippen LogP contribution in [0.1, 0.15) is 52.9 Å². The van der Waals surface area contributed by atoms with Crippen molar-refractivity contribution in [2.75, 3.05) is 0 Å². The summed E-state index contributed by atoms with van der Waals surface area (Å²) in [7, 11) is 0. The smallest absolute Gasteiger partial charge is 0.259 e. The molecular weight excluding hydrogens is 428 g/mol. The van der Waals surface area contributed by atoms with E-state index in [9.17, 15) is 4.79 Å². The minimum atomic E-state index is -0.106. The third-order valence-corrected chi connectivity index (χ3v) is 8.29. The van der Waals surface area contributed by atoms with Crippen LogP contribution in [0, 0.1) is 19.8 Å². The summed E-state index contributed by atoms with van der Waals surface area (Å²) in [6, 6.07) is 6.09. The third kappa shape index (κ3) is 3.59. The van der Waals surface area contributed by atoms with Crippen LogP contribution in [0.4, 0.5) is 0 Å². The first-order valence-corrected chi connectivity index (χ1v) is 12.2. The molecule has 31 heavy (non-hydrogen) atoms. The predicted molar refractivity (Wildman–Crippen MR) is 124 cm³/mol. The highest BCUT2D eigenvalue weighted by Crippen LogP contribution is 2.37. The van der Waals surface area contributed by atoms with Crippen molar-refractivity contribution in [3.8, 4) is 5.69 Å². The summed E-state index contributed by atoms with van der Waals surface area (Å²) < 4.78 is 1.76. The fourth-order valence-corrected chi connectivity index (χ4v) is 6.39. The lowest BCUT2D eigenvalue weighted by Gasteiger charge is -2.17. The quantitative estimate of drug-likeness (QED) is 0.457. The van der Waals surface area contributed by atoms with Gasteiger partial charge in [0, 0.05) is 4.88 Å². The van der Waals surface area contributed by atoms with Crippen molar-refractivity contribution in [2.24, 2.45) is 5.92 Å². The van der Waals surface area contributed by atoms with Gasteiger partial charge in [-0.25, -0.2) is 4.98 Å². The Morgan fingerprint density at radius 3 is 3.00 bits per heavy atom. The Morgan fingerprint density at radius 1 is 1.32 bits per heavy atom. The van der Waals surface area contributed by atoms with Gasteiger partial charge in [-0.15, -0.1) is 16.4 Å². The van der Waals surface area contributed by atoms with E-state index in [1.165, 1.54) is 27.8 Å². The average Bonchev–Trinajstić information content (AvgIpc) is 3.33. The monoisotopic (exact) mass is 452 g/mol. The highest BCUT2D eigenvalue weighted by Gasteiger charge is 2.24. The first-order chi connectivity index (χ1) is 14.9. The molecule has 1 N–H and O–H groups in total. The van der Waals surface area contributed by atoms with Crippen molar-refractivity contribution >= 4 is 33.3 Å². The van der Waals surface area contributed by atoms with E-state index >= 15 is 0 Å². The Kier molecular flexibility index (Phi) is 5.18. The fourth-order valence-electron chi connectivity index (χ4n) is 4.14. The number of tetrazole rings is 1. The van der Waals surface area contributed by atoms with Crippen LogP contribution in [0.2, 0.25) is 0 Å². The molecule has 5 rings (SSSR count). The highest BCUT2D eigenvalue weighted by molar-refractivity contribution is 7.99. The molecule has 3 aromatic heterocycles. The van der Waals surface area contributed by atoms with Gasteiger partial charge in [-0.2, -0.15) is 4.68 Å². The van der Waals surface area contributed by atoms with Crippen molar-refractivity contribution < 1.29 is 0 Å². The predicted octanol–water partition coefficient (Wildman–Crippen LogP) is 4.56. The molecule has 0 bridgehead atoms. The molecule has 160 valence electrons. The molecule has 4 aromatic rings. The Morgan fingerprint density at radius 2 is 2.16 bits per heavy atom. The van der Waals surface area contributed by atoms with Crippen molar-refractivity contribution in [1.82, 2.24) is 30.2 Å². The Labute approximate surface area is 188 Å². The molecule has 0 saturated carbocycles. The molecule has 0 fully saturated rings. The van der Waals surface area contributed by atoms with Crippen LogP contribution in [0.25, 0.3) is 15.9 Å². The molecule has 0 radical (unpaired) electrons. The van der Waals surface area contributed by atoms with E-state index in [1.54, 1.807) is 16.0 Å². The maximum absolute atomic E-state index is 12.9. The molecule has 0 amide bonds. The number of thioether (sulfide) groups is 1. The fraction of sp³-hybridized carbons (Fsp3) is 0.409. The normalized spacial score (nSPS) is 17.1. The second-order valence-electron chi connectivity index (χ2n) is 8.34. The number of aromatic nitrogens is 6. The summed E-state index contributed by atoms with van der Waals surface area (Å²) in [5, 5.41) is 13.7. The number of hydrogen-bond donors (Lipinski definition) is 1. The average molecular weight is 453 g/mol. The number of thiophene rings is 1. The van der Waals surface area contributed by atoms with E-state index < -0.39 is 0 Å². The largest absolute Gasteiger partial charge is 0.309 e. The van der Waals surface area contributed by atoms with Crippen LogP contribution in [0.5, 0.6) is 0 Å². The maximum Gasteiger partial charge on any atom is 0.259 e. The van der Waals surface area contributed by atoms with Crippen LogP contribution in [0.15, 0.2) is 28.2 Å². The minimum absolute atomic E-state index is 0.0337. The van der Waals surface area contributed by atoms with Gasteiger partial charge in [0.1, 0.15) is 10.7 Å². The molecule has 1 aromatic carbocycles. The zero-order chi connectivity index (χ0) is 21.7. The molecule has 2 unspecified atom stereocenters. The van der Waals surface area contributed by atoms with Crippen molar-refractivity contribution in [2.45, 2.75) is 57.4 Å². The molecular formula is C22H24N6OS2. The summed E-state index contributed by atoms with van der Waals surface area (Å²) in [5.41, 5.74) is 4.45. The molecule has 9 heteroatoms. The number of H-pyrrole nitrogens is 1. The van der Waals surface area contributed by atoms with E-state index in [-0.39, 0.29) is 10.8 Å². The summed E-state index contributed by atoms with van der Waals surface area (Å²) in [6.45, 7) is 8.43. The minimum Gasteiger partial charge on any atom is -0.309 e. The van der Waals surface area contributed by atoms with Crippen molar-refractivity contribution in [3.05, 3.63) is 55.9 Å². The summed E-state index contributed by atoms with van der Waals surface area (Å²) >= 11 is 3.17. The molecule has 0 saturated heterocycles. The highest BCUT2D eigenvalue weighted by atomic mass is 32.2. The Hall–Kier alpha value is -2.52. The first kappa shape index (κ1) is 20.4. The van der Waals surface area contributed by atoms with E-state index in [1.807, 2.05) is 19.1 Å². The van der Waals surface area contributed by atoms with Gasteiger partial charge in [0.2, 0.25) is 5.16 Å². The van der Waals surface area contributed by atoms with Gasteiger partial charge in [-0.3, -0.25) is 4.79 Å². The van der Waals surface area contributed by atoms with Gasteiger partial charge in [-0.1, -0.05) is 30.8 Å². The van der Waals surface area contributed by atoms with Gasteiger partial charge < -0.3 is 4.98 Å². The van der Waals surface area contributed by atoms with E-state index in [0.717, 1.165) is 40.7 Å². The molecule has 1 aliphatic carbocycles. The standard InChI is InChI=1S/C22H24N6OS2/c1-11-8-9-15-17(10-11)31-21-18(15)20(29)23-19(24-21)14(4)30-22-25-26-27-28(22)16-7-5-6-12(2)13(16)3/h5-7,11,14H,8-10H2,1-4H3,(H,23,24,29). The van der Waals surface area contributed by atoms with E-state index in [0.29, 0.717) is 16.9 Å². The summed E-state index contributed by atoms with van der Waals surface area (Å²) in [4.78, 5) is 23.0. The van der Waals surface area contributed by atoms with Gasteiger partial charge in [-0.05, 0) is 79.1 Å². The molecule has 1 aliphatic rings. The lowest BCUT2D eigenvalue weighted by molar-refractivity contribution is 0.509. The molecule has 7 nitrogen and oxygen atoms in total. The van der Waals surface area contributed by atoms with E-state index in [4.69, 9.17) is 4.98 Å². The summed E-state index contributed by atoms with van der Waals surface area (Å²) in [6.07, 6.45) is 3.14. The van der Waals surface area contributed by atoms with Crippen LogP contribution in [-0.2, 0) is 12.8 Å².